The van der Waals surface area contributed by atoms with Gasteiger partial charge in [-0.05, 0) is 43.7 Å². The van der Waals surface area contributed by atoms with Gasteiger partial charge in [0.2, 0.25) is 0 Å². The molecule has 1 unspecified atom stereocenters. The second-order valence-corrected chi connectivity index (χ2v) is 5.62. The topological polar surface area (TPSA) is 46.3 Å². The molecule has 0 saturated heterocycles. The average molecular weight is 280 g/mol. The van der Waals surface area contributed by atoms with Crippen LogP contribution in [0, 0.1) is 6.92 Å². The van der Waals surface area contributed by atoms with Gasteiger partial charge in [-0.3, -0.25) is 4.79 Å². The first-order chi connectivity index (χ1) is 10.2. The molecule has 2 N–H and O–H groups in total. The van der Waals surface area contributed by atoms with E-state index in [4.69, 9.17) is 5.73 Å². The molecular formula is C18H20N2O. The first-order valence-electron chi connectivity index (χ1n) is 7.38. The van der Waals surface area contributed by atoms with Crippen LogP contribution in [0.3, 0.4) is 0 Å². The number of para-hydroxylation sites is 1. The lowest BCUT2D eigenvalue weighted by atomic mass is 9.98. The summed E-state index contributed by atoms with van der Waals surface area (Å²) >= 11 is 0. The van der Waals surface area contributed by atoms with Crippen LogP contribution in [0.15, 0.2) is 48.5 Å². The lowest BCUT2D eigenvalue weighted by Crippen LogP contribution is -2.30. The number of hydrogen-bond donors (Lipinski definition) is 1. The van der Waals surface area contributed by atoms with Gasteiger partial charge in [-0.1, -0.05) is 35.9 Å². The van der Waals surface area contributed by atoms with Crippen molar-refractivity contribution in [3.8, 4) is 0 Å². The van der Waals surface area contributed by atoms with Crippen LogP contribution in [0.1, 0.15) is 33.8 Å². The van der Waals surface area contributed by atoms with Crippen molar-refractivity contribution in [3.05, 3.63) is 65.2 Å². The second-order valence-electron chi connectivity index (χ2n) is 5.62. The first kappa shape index (κ1) is 13.8. The number of rotatable bonds is 3. The predicted octanol–water partition coefficient (Wildman–Crippen LogP) is 3.09. The van der Waals surface area contributed by atoms with E-state index in [1.165, 1.54) is 5.56 Å². The molecule has 2 aromatic carbocycles. The Morgan fingerprint density at radius 2 is 2.05 bits per heavy atom. The molecule has 0 bridgehead atoms. The fourth-order valence-corrected chi connectivity index (χ4v) is 3.07. The summed E-state index contributed by atoms with van der Waals surface area (Å²) in [6.07, 6.45) is 0.911. The maximum Gasteiger partial charge on any atom is 0.258 e. The van der Waals surface area contributed by atoms with E-state index >= 15 is 0 Å². The standard InChI is InChI=1S/C18H20N2O/c1-13-5-4-6-14(11-13)18(21)20-12-15(9-10-19)16-7-2-3-8-17(16)20/h2-8,11,15H,9-10,12,19H2,1H3. The SMILES string of the molecule is Cc1cccc(C(=O)N2CC(CCN)c3ccccc32)c1. The number of benzene rings is 2. The van der Waals surface area contributed by atoms with Crippen LogP contribution < -0.4 is 10.6 Å². The molecule has 1 atom stereocenters. The number of aryl methyl sites for hydroxylation is 1. The van der Waals surface area contributed by atoms with Crippen LogP contribution in [0.25, 0.3) is 0 Å². The number of anilines is 1. The molecule has 1 aliphatic heterocycles. The van der Waals surface area contributed by atoms with Crippen LogP contribution in [-0.2, 0) is 0 Å². The summed E-state index contributed by atoms with van der Waals surface area (Å²) < 4.78 is 0. The van der Waals surface area contributed by atoms with Gasteiger partial charge in [0.25, 0.3) is 5.91 Å². The lowest BCUT2D eigenvalue weighted by molar-refractivity contribution is 0.0988. The molecule has 0 saturated carbocycles. The molecule has 108 valence electrons. The van der Waals surface area contributed by atoms with E-state index in [9.17, 15) is 4.79 Å². The summed E-state index contributed by atoms with van der Waals surface area (Å²) in [5, 5.41) is 0. The third kappa shape index (κ3) is 2.57. The van der Waals surface area contributed by atoms with Gasteiger partial charge in [0, 0.05) is 23.7 Å². The fraction of sp³-hybridized carbons (Fsp3) is 0.278. The summed E-state index contributed by atoms with van der Waals surface area (Å²) in [6, 6.07) is 15.9. The van der Waals surface area contributed by atoms with Crippen molar-refractivity contribution < 1.29 is 4.79 Å². The molecule has 1 aliphatic rings. The number of nitrogens with zero attached hydrogens (tertiary/aromatic N) is 1. The third-order valence-corrected chi connectivity index (χ3v) is 4.10. The molecular weight excluding hydrogens is 260 g/mol. The van der Waals surface area contributed by atoms with Crippen molar-refractivity contribution in [3.63, 3.8) is 0 Å². The number of amides is 1. The number of carbonyl (C=O) groups excluding carboxylic acids is 1. The van der Waals surface area contributed by atoms with E-state index in [1.54, 1.807) is 0 Å². The zero-order valence-corrected chi connectivity index (χ0v) is 12.3. The molecule has 3 rings (SSSR count). The van der Waals surface area contributed by atoms with Gasteiger partial charge >= 0.3 is 0 Å². The Balaban J connectivity index is 1.95. The van der Waals surface area contributed by atoms with E-state index in [-0.39, 0.29) is 5.91 Å². The number of carbonyl (C=O) groups is 1. The third-order valence-electron chi connectivity index (χ3n) is 4.10. The largest absolute Gasteiger partial charge is 0.330 e. The zero-order chi connectivity index (χ0) is 14.8. The van der Waals surface area contributed by atoms with E-state index in [1.807, 2.05) is 54.3 Å². The van der Waals surface area contributed by atoms with Crippen molar-refractivity contribution in [2.75, 3.05) is 18.0 Å². The highest BCUT2D eigenvalue weighted by Crippen LogP contribution is 2.38. The lowest BCUT2D eigenvalue weighted by Gasteiger charge is -2.18. The summed E-state index contributed by atoms with van der Waals surface area (Å²) in [7, 11) is 0. The minimum Gasteiger partial charge on any atom is -0.330 e. The van der Waals surface area contributed by atoms with Crippen molar-refractivity contribution in [2.24, 2.45) is 5.73 Å². The Kier molecular flexibility index (Phi) is 3.76. The molecule has 0 aliphatic carbocycles. The monoisotopic (exact) mass is 280 g/mol. The van der Waals surface area contributed by atoms with E-state index in [0.717, 1.165) is 29.8 Å². The molecule has 0 aromatic heterocycles. The molecule has 0 spiro atoms. The van der Waals surface area contributed by atoms with Gasteiger partial charge in [0.15, 0.2) is 0 Å². The van der Waals surface area contributed by atoms with Crippen LogP contribution in [0.2, 0.25) is 0 Å². The van der Waals surface area contributed by atoms with Gasteiger partial charge < -0.3 is 10.6 Å². The Bertz CT molecular complexity index is 666. The van der Waals surface area contributed by atoms with Crippen molar-refractivity contribution in [1.82, 2.24) is 0 Å². The highest BCUT2D eigenvalue weighted by atomic mass is 16.2. The molecule has 3 heteroatoms. The molecule has 1 heterocycles. The van der Waals surface area contributed by atoms with E-state index in [0.29, 0.717) is 12.5 Å². The highest BCUT2D eigenvalue weighted by Gasteiger charge is 2.31. The first-order valence-corrected chi connectivity index (χ1v) is 7.38. The molecule has 0 fully saturated rings. The van der Waals surface area contributed by atoms with Crippen LogP contribution in [-0.4, -0.2) is 19.0 Å². The van der Waals surface area contributed by atoms with Crippen LogP contribution >= 0.6 is 0 Å². The molecule has 1 amide bonds. The molecule has 0 radical (unpaired) electrons. The highest BCUT2D eigenvalue weighted by molar-refractivity contribution is 6.07. The quantitative estimate of drug-likeness (QED) is 0.939. The number of hydrogen-bond acceptors (Lipinski definition) is 2. The maximum absolute atomic E-state index is 12.8. The Morgan fingerprint density at radius 1 is 1.24 bits per heavy atom. The Morgan fingerprint density at radius 3 is 2.81 bits per heavy atom. The normalized spacial score (nSPS) is 16.9. The Hall–Kier alpha value is -2.13. The van der Waals surface area contributed by atoms with Crippen molar-refractivity contribution in [1.29, 1.82) is 0 Å². The van der Waals surface area contributed by atoms with E-state index in [2.05, 4.69) is 6.07 Å². The molecule has 3 nitrogen and oxygen atoms in total. The van der Waals surface area contributed by atoms with Crippen molar-refractivity contribution in [2.45, 2.75) is 19.3 Å². The summed E-state index contributed by atoms with van der Waals surface area (Å²) in [5.41, 5.74) is 9.84. The maximum atomic E-state index is 12.8. The van der Waals surface area contributed by atoms with Crippen LogP contribution in [0.4, 0.5) is 5.69 Å². The zero-order valence-electron chi connectivity index (χ0n) is 12.3. The molecule has 21 heavy (non-hydrogen) atoms. The van der Waals surface area contributed by atoms with Gasteiger partial charge in [-0.2, -0.15) is 0 Å². The van der Waals surface area contributed by atoms with Gasteiger partial charge in [-0.25, -0.2) is 0 Å². The van der Waals surface area contributed by atoms with E-state index < -0.39 is 0 Å². The Labute approximate surface area is 125 Å². The predicted molar refractivity (Wildman–Crippen MR) is 85.7 cm³/mol. The minimum absolute atomic E-state index is 0.0747. The minimum atomic E-state index is 0.0747. The summed E-state index contributed by atoms with van der Waals surface area (Å²) in [4.78, 5) is 14.7. The smallest absolute Gasteiger partial charge is 0.258 e. The van der Waals surface area contributed by atoms with Gasteiger partial charge in [0.1, 0.15) is 0 Å². The fourth-order valence-electron chi connectivity index (χ4n) is 3.07. The number of fused-ring (bicyclic) bond motifs is 1. The van der Waals surface area contributed by atoms with Gasteiger partial charge in [0.05, 0.1) is 0 Å². The average Bonchev–Trinajstić information content (AvgIpc) is 2.86. The summed E-state index contributed by atoms with van der Waals surface area (Å²) in [5.74, 6) is 0.422. The van der Waals surface area contributed by atoms with Crippen molar-refractivity contribution >= 4 is 11.6 Å². The van der Waals surface area contributed by atoms with Crippen LogP contribution in [0.5, 0.6) is 0 Å². The molecule has 2 aromatic rings. The summed E-state index contributed by atoms with van der Waals surface area (Å²) in [6.45, 7) is 3.38. The van der Waals surface area contributed by atoms with Gasteiger partial charge in [-0.15, -0.1) is 0 Å². The number of nitrogens with two attached hydrogens (primary N) is 1. The second kappa shape index (κ2) is 5.70.